The van der Waals surface area contributed by atoms with E-state index in [0.717, 1.165) is 18.3 Å². The molecule has 1 amide bonds. The Balaban J connectivity index is 1.86. The SMILES string of the molecule is CC#CC(=O)NC1CCC[C@H]2C[C@@H]12. The summed E-state index contributed by atoms with van der Waals surface area (Å²) in [5.74, 6) is 6.74. The lowest BCUT2D eigenvalue weighted by atomic mass is 9.95. The van der Waals surface area contributed by atoms with Gasteiger partial charge in [-0.3, -0.25) is 4.79 Å². The minimum absolute atomic E-state index is 0.0972. The number of nitrogens with one attached hydrogen (secondary N) is 1. The molecular formula is C11H15NO. The van der Waals surface area contributed by atoms with Gasteiger partial charge in [-0.2, -0.15) is 0 Å². The number of hydrogen-bond acceptors (Lipinski definition) is 1. The maximum Gasteiger partial charge on any atom is 0.296 e. The summed E-state index contributed by atoms with van der Waals surface area (Å²) in [5.41, 5.74) is 0. The van der Waals surface area contributed by atoms with Crippen LogP contribution in [0, 0.1) is 23.7 Å². The molecule has 0 spiro atoms. The largest absolute Gasteiger partial charge is 0.342 e. The van der Waals surface area contributed by atoms with Crippen LogP contribution in [0.2, 0.25) is 0 Å². The van der Waals surface area contributed by atoms with Crippen molar-refractivity contribution in [1.29, 1.82) is 0 Å². The monoisotopic (exact) mass is 177 g/mol. The van der Waals surface area contributed by atoms with Crippen LogP contribution in [0.5, 0.6) is 0 Å². The molecule has 3 atom stereocenters. The smallest absolute Gasteiger partial charge is 0.296 e. The number of hydrogen-bond donors (Lipinski definition) is 1. The Morgan fingerprint density at radius 3 is 3.08 bits per heavy atom. The van der Waals surface area contributed by atoms with Crippen LogP contribution in [-0.2, 0) is 4.79 Å². The van der Waals surface area contributed by atoms with E-state index in [4.69, 9.17) is 0 Å². The molecule has 1 unspecified atom stereocenters. The highest BCUT2D eigenvalue weighted by molar-refractivity contribution is 5.93. The zero-order chi connectivity index (χ0) is 9.26. The van der Waals surface area contributed by atoms with E-state index in [2.05, 4.69) is 17.2 Å². The highest BCUT2D eigenvalue weighted by atomic mass is 16.1. The molecule has 2 nitrogen and oxygen atoms in total. The van der Waals surface area contributed by atoms with E-state index in [1.807, 2.05) is 0 Å². The topological polar surface area (TPSA) is 29.1 Å². The van der Waals surface area contributed by atoms with Crippen LogP contribution in [0.25, 0.3) is 0 Å². The average molecular weight is 177 g/mol. The molecule has 0 aromatic rings. The Bertz CT molecular complexity index is 274. The van der Waals surface area contributed by atoms with Gasteiger partial charge in [0, 0.05) is 6.04 Å². The van der Waals surface area contributed by atoms with Gasteiger partial charge in [-0.25, -0.2) is 0 Å². The van der Waals surface area contributed by atoms with Crippen molar-refractivity contribution in [3.05, 3.63) is 0 Å². The predicted molar refractivity (Wildman–Crippen MR) is 50.8 cm³/mol. The fourth-order valence-electron chi connectivity index (χ4n) is 2.41. The summed E-state index contributed by atoms with van der Waals surface area (Å²) in [6, 6.07) is 0.423. The Morgan fingerprint density at radius 2 is 2.31 bits per heavy atom. The maximum atomic E-state index is 11.2. The minimum atomic E-state index is -0.0972. The lowest BCUT2D eigenvalue weighted by Gasteiger charge is -2.21. The Morgan fingerprint density at radius 1 is 1.46 bits per heavy atom. The first kappa shape index (κ1) is 8.62. The Labute approximate surface area is 79.1 Å². The molecule has 2 rings (SSSR count). The fourth-order valence-corrected chi connectivity index (χ4v) is 2.41. The molecule has 2 heteroatoms. The van der Waals surface area contributed by atoms with E-state index in [1.54, 1.807) is 6.92 Å². The number of carbonyl (C=O) groups is 1. The molecular weight excluding hydrogens is 162 g/mol. The lowest BCUT2D eigenvalue weighted by molar-refractivity contribution is -0.116. The van der Waals surface area contributed by atoms with Crippen LogP contribution in [-0.4, -0.2) is 11.9 Å². The van der Waals surface area contributed by atoms with Crippen LogP contribution in [0.15, 0.2) is 0 Å². The number of amides is 1. The van der Waals surface area contributed by atoms with Gasteiger partial charge in [-0.1, -0.05) is 18.8 Å². The van der Waals surface area contributed by atoms with Crippen molar-refractivity contribution < 1.29 is 4.79 Å². The van der Waals surface area contributed by atoms with Gasteiger partial charge in [0.1, 0.15) is 0 Å². The molecule has 2 aliphatic carbocycles. The molecule has 0 heterocycles. The third kappa shape index (κ3) is 1.85. The van der Waals surface area contributed by atoms with Gasteiger partial charge in [-0.15, -0.1) is 0 Å². The van der Waals surface area contributed by atoms with E-state index in [0.29, 0.717) is 6.04 Å². The van der Waals surface area contributed by atoms with Crippen LogP contribution >= 0.6 is 0 Å². The normalized spacial score (nSPS) is 35.3. The molecule has 0 aliphatic heterocycles. The second-order valence-corrected chi connectivity index (χ2v) is 4.05. The second-order valence-electron chi connectivity index (χ2n) is 4.05. The van der Waals surface area contributed by atoms with Gasteiger partial charge in [0.05, 0.1) is 0 Å². The van der Waals surface area contributed by atoms with Crippen LogP contribution in [0.3, 0.4) is 0 Å². The van der Waals surface area contributed by atoms with Crippen molar-refractivity contribution in [3.63, 3.8) is 0 Å². The van der Waals surface area contributed by atoms with Crippen LogP contribution in [0.4, 0.5) is 0 Å². The molecule has 0 aromatic heterocycles. The summed E-state index contributed by atoms with van der Waals surface area (Å²) in [4.78, 5) is 11.2. The zero-order valence-corrected chi connectivity index (χ0v) is 7.97. The molecule has 0 bridgehead atoms. The fraction of sp³-hybridized carbons (Fsp3) is 0.727. The second kappa shape index (κ2) is 3.41. The van der Waals surface area contributed by atoms with Gasteiger partial charge in [0.15, 0.2) is 0 Å². The van der Waals surface area contributed by atoms with Gasteiger partial charge < -0.3 is 5.32 Å². The minimum Gasteiger partial charge on any atom is -0.342 e. The summed E-state index contributed by atoms with van der Waals surface area (Å²) in [6.45, 7) is 1.69. The standard InChI is InChI=1S/C11H15NO/c1-2-4-11(13)12-10-6-3-5-8-7-9(8)10/h8-10H,3,5-7H2,1H3,(H,12,13)/t8-,9+,10?/m0/s1. The molecule has 2 saturated carbocycles. The number of carbonyl (C=O) groups excluding carboxylic acids is 1. The van der Waals surface area contributed by atoms with E-state index in [-0.39, 0.29) is 5.91 Å². The molecule has 0 radical (unpaired) electrons. The van der Waals surface area contributed by atoms with Crippen molar-refractivity contribution in [2.24, 2.45) is 11.8 Å². The molecule has 0 saturated heterocycles. The number of rotatable bonds is 1. The average Bonchev–Trinajstić information content (AvgIpc) is 2.84. The summed E-state index contributed by atoms with van der Waals surface area (Å²) < 4.78 is 0. The summed E-state index contributed by atoms with van der Waals surface area (Å²) in [5, 5.41) is 3.00. The first-order valence-electron chi connectivity index (χ1n) is 5.04. The molecule has 2 fully saturated rings. The van der Waals surface area contributed by atoms with Crippen molar-refractivity contribution in [2.75, 3.05) is 0 Å². The van der Waals surface area contributed by atoms with Crippen LogP contribution < -0.4 is 5.32 Å². The van der Waals surface area contributed by atoms with E-state index in [1.165, 1.54) is 19.3 Å². The summed E-state index contributed by atoms with van der Waals surface area (Å²) in [7, 11) is 0. The Hall–Kier alpha value is -0.970. The van der Waals surface area contributed by atoms with Crippen molar-refractivity contribution in [3.8, 4) is 11.8 Å². The third-order valence-corrected chi connectivity index (χ3v) is 3.14. The molecule has 1 N–H and O–H groups in total. The van der Waals surface area contributed by atoms with Gasteiger partial charge in [0.25, 0.3) is 5.91 Å². The highest BCUT2D eigenvalue weighted by Crippen LogP contribution is 2.49. The third-order valence-electron chi connectivity index (χ3n) is 3.14. The molecule has 70 valence electrons. The molecule has 0 aromatic carbocycles. The Kier molecular flexibility index (Phi) is 2.26. The maximum absolute atomic E-state index is 11.2. The summed E-state index contributed by atoms with van der Waals surface area (Å²) in [6.07, 6.45) is 5.12. The first-order chi connectivity index (χ1) is 6.31. The lowest BCUT2D eigenvalue weighted by Crippen LogP contribution is -2.37. The molecule has 2 aliphatic rings. The van der Waals surface area contributed by atoms with Gasteiger partial charge in [0.2, 0.25) is 0 Å². The van der Waals surface area contributed by atoms with Crippen LogP contribution in [0.1, 0.15) is 32.6 Å². The van der Waals surface area contributed by atoms with E-state index < -0.39 is 0 Å². The van der Waals surface area contributed by atoms with Crippen molar-refractivity contribution in [2.45, 2.75) is 38.6 Å². The zero-order valence-electron chi connectivity index (χ0n) is 7.97. The molecule has 13 heavy (non-hydrogen) atoms. The summed E-state index contributed by atoms with van der Waals surface area (Å²) >= 11 is 0. The quantitative estimate of drug-likeness (QED) is 0.601. The predicted octanol–water partition coefficient (Wildman–Crippen LogP) is 1.31. The van der Waals surface area contributed by atoms with E-state index >= 15 is 0 Å². The highest BCUT2D eigenvalue weighted by Gasteiger charge is 2.45. The van der Waals surface area contributed by atoms with E-state index in [9.17, 15) is 4.79 Å². The first-order valence-corrected chi connectivity index (χ1v) is 5.04. The number of fused-ring (bicyclic) bond motifs is 1. The van der Waals surface area contributed by atoms with Gasteiger partial charge in [-0.05, 0) is 37.5 Å². The van der Waals surface area contributed by atoms with Crippen molar-refractivity contribution >= 4 is 5.91 Å². The van der Waals surface area contributed by atoms with Crippen molar-refractivity contribution in [1.82, 2.24) is 5.32 Å². The van der Waals surface area contributed by atoms with Gasteiger partial charge >= 0.3 is 0 Å².